The summed E-state index contributed by atoms with van der Waals surface area (Å²) in [5.41, 5.74) is -0.915. The fourth-order valence-corrected chi connectivity index (χ4v) is 2.02. The van der Waals surface area contributed by atoms with Crippen molar-refractivity contribution in [3.05, 3.63) is 5.89 Å². The quantitative estimate of drug-likeness (QED) is 0.809. The molecule has 84 valence electrons. The van der Waals surface area contributed by atoms with Crippen LogP contribution in [0.2, 0.25) is 0 Å². The Labute approximate surface area is 92.7 Å². The number of hydrogen-bond acceptors (Lipinski definition) is 5. The number of nitrogens with one attached hydrogen (secondary N) is 1. The number of nitriles is 1. The van der Waals surface area contributed by atoms with Gasteiger partial charge in [0.25, 0.3) is 0 Å². The molecule has 1 saturated carbocycles. The summed E-state index contributed by atoms with van der Waals surface area (Å²) in [4.78, 5) is 11.8. The Balaban J connectivity index is 2.06. The first kappa shape index (κ1) is 10.6. The normalized spacial score (nSPS) is 27.9. The lowest BCUT2D eigenvalue weighted by Crippen LogP contribution is -2.45. The van der Waals surface area contributed by atoms with Crippen LogP contribution in [-0.4, -0.2) is 16.1 Å². The van der Waals surface area contributed by atoms with E-state index in [9.17, 15) is 4.79 Å². The predicted octanol–water partition coefficient (Wildman–Crippen LogP) is 1.26. The van der Waals surface area contributed by atoms with Gasteiger partial charge in [-0.25, -0.2) is 0 Å². The number of carbonyl (C=O) groups is 1. The molecule has 0 radical (unpaired) electrons. The molecule has 1 amide bonds. The van der Waals surface area contributed by atoms with Gasteiger partial charge in [-0.3, -0.25) is 10.1 Å². The van der Waals surface area contributed by atoms with Crippen LogP contribution in [0.25, 0.3) is 0 Å². The maximum atomic E-state index is 11.8. The summed E-state index contributed by atoms with van der Waals surface area (Å²) >= 11 is 0. The van der Waals surface area contributed by atoms with E-state index in [4.69, 9.17) is 9.68 Å². The van der Waals surface area contributed by atoms with Crippen LogP contribution in [0, 0.1) is 29.6 Å². The first-order chi connectivity index (χ1) is 7.55. The second-order valence-corrected chi connectivity index (χ2v) is 4.29. The molecule has 1 heterocycles. The van der Waals surface area contributed by atoms with E-state index in [1.165, 1.54) is 0 Å². The van der Waals surface area contributed by atoms with Gasteiger partial charge >= 0.3 is 6.01 Å². The summed E-state index contributed by atoms with van der Waals surface area (Å²) in [5.74, 6) is 0.440. The van der Waals surface area contributed by atoms with Crippen molar-refractivity contribution in [3.63, 3.8) is 0 Å². The summed E-state index contributed by atoms with van der Waals surface area (Å²) in [6.45, 7) is 3.65. The molecular formula is C10H12N4O2. The molecule has 6 heteroatoms. The van der Waals surface area contributed by atoms with Crippen molar-refractivity contribution in [3.8, 4) is 6.07 Å². The number of amides is 1. The molecule has 0 aliphatic heterocycles. The standard InChI is InChI=1S/C10H12N4O2/c1-6-3-10(4-6,5-11)8(15)12-9-14-13-7(2)16-9/h6H,3-4H2,1-2H3,(H,12,14,15). The monoisotopic (exact) mass is 220 g/mol. The van der Waals surface area contributed by atoms with Crippen LogP contribution in [0.3, 0.4) is 0 Å². The van der Waals surface area contributed by atoms with E-state index < -0.39 is 5.41 Å². The Morgan fingerprint density at radius 3 is 2.75 bits per heavy atom. The molecule has 0 spiro atoms. The third kappa shape index (κ3) is 1.65. The van der Waals surface area contributed by atoms with Crippen LogP contribution in [0.15, 0.2) is 4.42 Å². The van der Waals surface area contributed by atoms with Crippen LogP contribution in [-0.2, 0) is 4.79 Å². The largest absolute Gasteiger partial charge is 0.408 e. The molecule has 2 rings (SSSR count). The van der Waals surface area contributed by atoms with Crippen LogP contribution in [0.5, 0.6) is 0 Å². The van der Waals surface area contributed by atoms with Crippen LogP contribution < -0.4 is 5.32 Å². The maximum absolute atomic E-state index is 11.8. The molecule has 0 aromatic carbocycles. The Bertz CT molecular complexity index is 454. The fraction of sp³-hybridized carbons (Fsp3) is 0.600. The van der Waals surface area contributed by atoms with Crippen LogP contribution in [0.4, 0.5) is 6.01 Å². The Kier molecular flexibility index (Phi) is 2.38. The highest BCUT2D eigenvalue weighted by Crippen LogP contribution is 2.45. The van der Waals surface area contributed by atoms with Crippen molar-refractivity contribution in [1.29, 1.82) is 5.26 Å². The smallest absolute Gasteiger partial charge is 0.322 e. The number of hydrogen-bond donors (Lipinski definition) is 1. The van der Waals surface area contributed by atoms with Crippen molar-refractivity contribution in [2.75, 3.05) is 5.32 Å². The number of aryl methyl sites for hydroxylation is 1. The van der Waals surface area contributed by atoms with Crippen molar-refractivity contribution < 1.29 is 9.21 Å². The van der Waals surface area contributed by atoms with Gasteiger partial charge in [0, 0.05) is 6.92 Å². The van der Waals surface area contributed by atoms with Crippen molar-refractivity contribution in [2.45, 2.75) is 26.7 Å². The summed E-state index contributed by atoms with van der Waals surface area (Å²) in [6.07, 6.45) is 1.17. The highest BCUT2D eigenvalue weighted by molar-refractivity contribution is 5.96. The fourth-order valence-electron chi connectivity index (χ4n) is 2.02. The lowest BCUT2D eigenvalue weighted by molar-refractivity contribution is -0.128. The molecule has 16 heavy (non-hydrogen) atoms. The lowest BCUT2D eigenvalue weighted by Gasteiger charge is -2.38. The Hall–Kier alpha value is -1.90. The Morgan fingerprint density at radius 1 is 1.62 bits per heavy atom. The number of rotatable bonds is 2. The van der Waals surface area contributed by atoms with Gasteiger partial charge in [0.1, 0.15) is 5.41 Å². The molecule has 6 nitrogen and oxygen atoms in total. The van der Waals surface area contributed by atoms with E-state index >= 15 is 0 Å². The van der Waals surface area contributed by atoms with E-state index in [0.29, 0.717) is 24.7 Å². The first-order valence-corrected chi connectivity index (χ1v) is 5.08. The van der Waals surface area contributed by atoms with Gasteiger partial charge < -0.3 is 4.42 Å². The van der Waals surface area contributed by atoms with Crippen molar-refractivity contribution in [2.24, 2.45) is 11.3 Å². The minimum Gasteiger partial charge on any atom is -0.408 e. The summed E-state index contributed by atoms with van der Waals surface area (Å²) in [5, 5.41) is 18.8. The topological polar surface area (TPSA) is 91.8 Å². The second kappa shape index (κ2) is 3.59. The SMILES string of the molecule is Cc1nnc(NC(=O)C2(C#N)CC(C)C2)o1. The molecule has 1 N–H and O–H groups in total. The summed E-state index contributed by atoms with van der Waals surface area (Å²) in [7, 11) is 0. The van der Waals surface area contributed by atoms with Gasteiger partial charge in [-0.1, -0.05) is 12.0 Å². The van der Waals surface area contributed by atoms with E-state index in [1.54, 1.807) is 6.92 Å². The van der Waals surface area contributed by atoms with Gasteiger partial charge in [0.2, 0.25) is 11.8 Å². The zero-order valence-electron chi connectivity index (χ0n) is 9.15. The highest BCUT2D eigenvalue weighted by atomic mass is 16.4. The van der Waals surface area contributed by atoms with Crippen molar-refractivity contribution in [1.82, 2.24) is 10.2 Å². The number of carbonyl (C=O) groups excluding carboxylic acids is 1. The zero-order chi connectivity index (χ0) is 11.8. The molecule has 0 atom stereocenters. The third-order valence-electron chi connectivity index (χ3n) is 2.79. The van der Waals surface area contributed by atoms with E-state index in [-0.39, 0.29) is 11.9 Å². The summed E-state index contributed by atoms with van der Waals surface area (Å²) < 4.78 is 5.03. The average Bonchev–Trinajstić information content (AvgIpc) is 2.58. The van der Waals surface area contributed by atoms with E-state index in [0.717, 1.165) is 0 Å². The molecule has 1 aromatic heterocycles. The molecule has 0 saturated heterocycles. The average molecular weight is 220 g/mol. The van der Waals surface area contributed by atoms with Crippen LogP contribution in [0.1, 0.15) is 25.7 Å². The first-order valence-electron chi connectivity index (χ1n) is 5.08. The number of aromatic nitrogens is 2. The zero-order valence-corrected chi connectivity index (χ0v) is 9.15. The van der Waals surface area contributed by atoms with Crippen molar-refractivity contribution >= 4 is 11.9 Å². The van der Waals surface area contributed by atoms with Gasteiger partial charge in [-0.05, 0) is 18.8 Å². The molecule has 1 aliphatic carbocycles. The van der Waals surface area contributed by atoms with Gasteiger partial charge in [0.15, 0.2) is 0 Å². The predicted molar refractivity (Wildman–Crippen MR) is 54.1 cm³/mol. The van der Waals surface area contributed by atoms with Gasteiger partial charge in [-0.15, -0.1) is 5.10 Å². The van der Waals surface area contributed by atoms with Gasteiger partial charge in [-0.2, -0.15) is 5.26 Å². The van der Waals surface area contributed by atoms with E-state index in [2.05, 4.69) is 21.6 Å². The second-order valence-electron chi connectivity index (χ2n) is 4.29. The van der Waals surface area contributed by atoms with Crippen LogP contribution >= 0.6 is 0 Å². The number of nitrogens with zero attached hydrogens (tertiary/aromatic N) is 3. The third-order valence-corrected chi connectivity index (χ3v) is 2.79. The van der Waals surface area contributed by atoms with E-state index in [1.807, 2.05) is 6.92 Å². The molecule has 1 aromatic rings. The molecule has 0 bridgehead atoms. The minimum atomic E-state index is -0.915. The molecule has 1 fully saturated rings. The minimum absolute atomic E-state index is 0.0525. The molecule has 0 unspecified atom stereocenters. The number of anilines is 1. The molecular weight excluding hydrogens is 208 g/mol. The summed E-state index contributed by atoms with van der Waals surface area (Å²) in [6, 6.07) is 2.12. The van der Waals surface area contributed by atoms with Gasteiger partial charge in [0.05, 0.1) is 6.07 Å². The molecule has 1 aliphatic rings. The maximum Gasteiger partial charge on any atom is 0.322 e. The highest BCUT2D eigenvalue weighted by Gasteiger charge is 2.49. The Morgan fingerprint density at radius 2 is 2.31 bits per heavy atom. The lowest BCUT2D eigenvalue weighted by atomic mass is 9.63.